The first kappa shape index (κ1) is 14.2. The maximum Gasteiger partial charge on any atom is 0.0443 e. The molecule has 0 saturated heterocycles. The molecule has 1 unspecified atom stereocenters. The van der Waals surface area contributed by atoms with Crippen LogP contribution < -0.4 is 5.32 Å². The van der Waals surface area contributed by atoms with E-state index >= 15 is 0 Å². The quantitative estimate of drug-likeness (QED) is 0.748. The van der Waals surface area contributed by atoms with Crippen LogP contribution in [0.15, 0.2) is 15.9 Å². The summed E-state index contributed by atoms with van der Waals surface area (Å²) in [6.07, 6.45) is 3.68. The van der Waals surface area contributed by atoms with Crippen molar-refractivity contribution in [2.24, 2.45) is 5.92 Å². The largest absolute Gasteiger partial charge is 0.309 e. The molecule has 0 fully saturated rings. The fourth-order valence-electron chi connectivity index (χ4n) is 2.05. The van der Waals surface area contributed by atoms with Crippen molar-refractivity contribution in [3.8, 4) is 0 Å². The summed E-state index contributed by atoms with van der Waals surface area (Å²) >= 11 is 5.40. The second kappa shape index (κ2) is 7.46. The van der Waals surface area contributed by atoms with Gasteiger partial charge in [-0.1, -0.05) is 33.6 Å². The summed E-state index contributed by atoms with van der Waals surface area (Å²) in [6.45, 7) is 7.91. The van der Waals surface area contributed by atoms with Crippen molar-refractivity contribution >= 4 is 27.3 Å². The van der Waals surface area contributed by atoms with Crippen LogP contribution in [-0.2, 0) is 0 Å². The minimum absolute atomic E-state index is 0.534. The van der Waals surface area contributed by atoms with Crippen LogP contribution >= 0.6 is 27.3 Å². The van der Waals surface area contributed by atoms with E-state index in [4.69, 9.17) is 0 Å². The Morgan fingerprint density at radius 3 is 2.44 bits per heavy atom. The van der Waals surface area contributed by atoms with Crippen LogP contribution in [0, 0.1) is 5.92 Å². The Kier molecular flexibility index (Phi) is 6.62. The Labute approximate surface area is 112 Å². The molecule has 1 heterocycles. The molecule has 0 radical (unpaired) electrons. The van der Waals surface area contributed by atoms with Crippen molar-refractivity contribution in [1.82, 2.24) is 5.32 Å². The molecular weight excluding hydrogens is 282 g/mol. The highest BCUT2D eigenvalue weighted by Crippen LogP contribution is 2.33. The zero-order chi connectivity index (χ0) is 12.0. The Morgan fingerprint density at radius 1 is 1.31 bits per heavy atom. The Bertz CT molecular complexity index is 294. The van der Waals surface area contributed by atoms with E-state index in [0.717, 1.165) is 12.5 Å². The van der Waals surface area contributed by atoms with Gasteiger partial charge in [0.15, 0.2) is 0 Å². The molecule has 0 saturated carbocycles. The summed E-state index contributed by atoms with van der Waals surface area (Å²) in [4.78, 5) is 1.47. The van der Waals surface area contributed by atoms with E-state index < -0.39 is 0 Å². The van der Waals surface area contributed by atoms with Gasteiger partial charge >= 0.3 is 0 Å². The lowest BCUT2D eigenvalue weighted by atomic mass is 9.93. The van der Waals surface area contributed by atoms with Gasteiger partial charge in [-0.2, -0.15) is 0 Å². The first-order valence-corrected chi connectivity index (χ1v) is 7.87. The topological polar surface area (TPSA) is 12.0 Å². The van der Waals surface area contributed by atoms with Crippen LogP contribution in [0.25, 0.3) is 0 Å². The third-order valence-electron chi connectivity index (χ3n) is 3.03. The smallest absolute Gasteiger partial charge is 0.0443 e. The summed E-state index contributed by atoms with van der Waals surface area (Å²) in [5.74, 6) is 0.747. The first-order valence-electron chi connectivity index (χ1n) is 6.20. The SMILES string of the molecule is CCCNC(c1cc(Br)cs1)C(CC)CC. The summed E-state index contributed by atoms with van der Waals surface area (Å²) in [7, 11) is 0. The lowest BCUT2D eigenvalue weighted by molar-refractivity contribution is 0.346. The van der Waals surface area contributed by atoms with Gasteiger partial charge < -0.3 is 5.32 Å². The van der Waals surface area contributed by atoms with Crippen LogP contribution in [0.2, 0.25) is 0 Å². The number of thiophene rings is 1. The molecule has 92 valence electrons. The van der Waals surface area contributed by atoms with Gasteiger partial charge in [0, 0.05) is 20.8 Å². The van der Waals surface area contributed by atoms with E-state index in [2.05, 4.69) is 53.5 Å². The fourth-order valence-corrected chi connectivity index (χ4v) is 3.66. The normalized spacial score (nSPS) is 13.3. The third-order valence-corrected chi connectivity index (χ3v) is 4.81. The van der Waals surface area contributed by atoms with Crippen molar-refractivity contribution in [2.75, 3.05) is 6.54 Å². The van der Waals surface area contributed by atoms with Crippen LogP contribution in [0.3, 0.4) is 0 Å². The van der Waals surface area contributed by atoms with Gasteiger partial charge in [0.25, 0.3) is 0 Å². The maximum absolute atomic E-state index is 3.69. The molecule has 0 amide bonds. The lowest BCUT2D eigenvalue weighted by Crippen LogP contribution is -2.27. The number of halogens is 1. The Balaban J connectivity index is 2.77. The van der Waals surface area contributed by atoms with Crippen molar-refractivity contribution in [3.63, 3.8) is 0 Å². The van der Waals surface area contributed by atoms with E-state index in [1.54, 1.807) is 0 Å². The average Bonchev–Trinajstić information content (AvgIpc) is 2.71. The molecule has 1 nitrogen and oxygen atoms in total. The molecular formula is C13H22BrNS. The summed E-state index contributed by atoms with van der Waals surface area (Å²) < 4.78 is 1.21. The molecule has 1 aromatic heterocycles. The molecule has 3 heteroatoms. The highest BCUT2D eigenvalue weighted by molar-refractivity contribution is 9.10. The molecule has 0 aliphatic carbocycles. The van der Waals surface area contributed by atoms with Crippen LogP contribution in [0.5, 0.6) is 0 Å². The Hall–Kier alpha value is 0.140. The van der Waals surface area contributed by atoms with Gasteiger partial charge in [0.05, 0.1) is 0 Å². The van der Waals surface area contributed by atoms with Crippen molar-refractivity contribution < 1.29 is 0 Å². The van der Waals surface area contributed by atoms with Crippen molar-refractivity contribution in [1.29, 1.82) is 0 Å². The second-order valence-corrected chi connectivity index (χ2v) is 6.03. The maximum atomic E-state index is 3.69. The van der Waals surface area contributed by atoms with Gasteiger partial charge in [-0.3, -0.25) is 0 Å². The Morgan fingerprint density at radius 2 is 2.00 bits per heavy atom. The molecule has 1 aromatic rings. The highest BCUT2D eigenvalue weighted by Gasteiger charge is 2.20. The monoisotopic (exact) mass is 303 g/mol. The summed E-state index contributed by atoms with van der Waals surface area (Å²) in [5, 5.41) is 5.87. The van der Waals surface area contributed by atoms with E-state index in [1.165, 1.54) is 28.6 Å². The highest BCUT2D eigenvalue weighted by atomic mass is 79.9. The molecule has 0 aromatic carbocycles. The minimum atomic E-state index is 0.534. The zero-order valence-electron chi connectivity index (χ0n) is 10.4. The van der Waals surface area contributed by atoms with Gasteiger partial charge in [-0.15, -0.1) is 11.3 Å². The van der Waals surface area contributed by atoms with Crippen molar-refractivity contribution in [2.45, 2.75) is 46.1 Å². The summed E-state index contributed by atoms with van der Waals surface area (Å²) in [6, 6.07) is 2.79. The summed E-state index contributed by atoms with van der Waals surface area (Å²) in [5.41, 5.74) is 0. The van der Waals surface area contributed by atoms with E-state index in [9.17, 15) is 0 Å². The molecule has 0 spiro atoms. The minimum Gasteiger partial charge on any atom is -0.309 e. The van der Waals surface area contributed by atoms with Crippen LogP contribution in [0.1, 0.15) is 51.0 Å². The lowest BCUT2D eigenvalue weighted by Gasteiger charge is -2.25. The zero-order valence-corrected chi connectivity index (χ0v) is 12.8. The van der Waals surface area contributed by atoms with E-state index in [0.29, 0.717) is 6.04 Å². The number of hydrogen-bond donors (Lipinski definition) is 1. The predicted octanol–water partition coefficient (Wildman–Crippen LogP) is 4.99. The van der Waals surface area contributed by atoms with Crippen LogP contribution in [0.4, 0.5) is 0 Å². The van der Waals surface area contributed by atoms with Gasteiger partial charge in [-0.05, 0) is 40.9 Å². The number of nitrogens with one attached hydrogen (secondary N) is 1. The average molecular weight is 304 g/mol. The van der Waals surface area contributed by atoms with Gasteiger partial charge in [-0.25, -0.2) is 0 Å². The molecule has 0 aliphatic rings. The number of rotatable bonds is 7. The molecule has 0 bridgehead atoms. The molecule has 1 N–H and O–H groups in total. The van der Waals surface area contributed by atoms with Crippen LogP contribution in [-0.4, -0.2) is 6.54 Å². The third kappa shape index (κ3) is 3.86. The van der Waals surface area contributed by atoms with Crippen molar-refractivity contribution in [3.05, 3.63) is 20.8 Å². The molecule has 16 heavy (non-hydrogen) atoms. The molecule has 1 rings (SSSR count). The second-order valence-electron chi connectivity index (χ2n) is 4.18. The van der Waals surface area contributed by atoms with E-state index in [1.807, 2.05) is 11.3 Å². The first-order chi connectivity index (χ1) is 7.72. The van der Waals surface area contributed by atoms with E-state index in [-0.39, 0.29) is 0 Å². The molecule has 1 atom stereocenters. The predicted molar refractivity (Wildman–Crippen MR) is 77.1 cm³/mol. The number of hydrogen-bond acceptors (Lipinski definition) is 2. The molecule has 0 aliphatic heterocycles. The van der Waals surface area contributed by atoms with Gasteiger partial charge in [0.1, 0.15) is 0 Å². The standard InChI is InChI=1S/C13H22BrNS/c1-4-7-15-13(10(5-2)6-3)12-8-11(14)9-16-12/h8-10,13,15H,4-7H2,1-3H3. The van der Waals surface area contributed by atoms with Gasteiger partial charge in [0.2, 0.25) is 0 Å². The fraction of sp³-hybridized carbons (Fsp3) is 0.692.